The first-order valence-corrected chi connectivity index (χ1v) is 12.5. The number of carboxylic acids is 1. The molecule has 0 spiro atoms. The maximum atomic E-state index is 11.3. The van der Waals surface area contributed by atoms with E-state index in [-0.39, 0.29) is 18.1 Å². The summed E-state index contributed by atoms with van der Waals surface area (Å²) in [5.74, 6) is 0.560. The fourth-order valence-corrected chi connectivity index (χ4v) is 4.87. The van der Waals surface area contributed by atoms with Crippen molar-refractivity contribution in [2.75, 3.05) is 0 Å². The van der Waals surface area contributed by atoms with Crippen LogP contribution in [-0.2, 0) is 6.61 Å². The molecule has 5 rings (SSSR count). The van der Waals surface area contributed by atoms with Gasteiger partial charge in [0.05, 0.1) is 21.2 Å². The summed E-state index contributed by atoms with van der Waals surface area (Å²) in [7, 11) is 0. The highest BCUT2D eigenvalue weighted by molar-refractivity contribution is 6.39. The van der Waals surface area contributed by atoms with Gasteiger partial charge in [0.2, 0.25) is 0 Å². The number of halogens is 2. The quantitative estimate of drug-likeness (QED) is 0.227. The van der Waals surface area contributed by atoms with Gasteiger partial charge in [0.1, 0.15) is 23.8 Å². The number of ether oxygens (including phenoxy) is 1. The molecule has 0 bridgehead atoms. The van der Waals surface area contributed by atoms with Crippen LogP contribution >= 0.6 is 23.2 Å². The molecule has 0 unspecified atom stereocenters. The number of aromatic nitrogens is 1. The zero-order valence-electron chi connectivity index (χ0n) is 20.2. The first kappa shape index (κ1) is 24.9. The second kappa shape index (κ2) is 10.3. The minimum Gasteiger partial charge on any atom is -0.489 e. The van der Waals surface area contributed by atoms with Gasteiger partial charge in [-0.05, 0) is 64.4 Å². The fraction of sp³-hybridized carbons (Fsp3) is 0.133. The summed E-state index contributed by atoms with van der Waals surface area (Å²) >= 11 is 12.9. The van der Waals surface area contributed by atoms with Gasteiger partial charge in [0.15, 0.2) is 0 Å². The molecule has 37 heavy (non-hydrogen) atoms. The van der Waals surface area contributed by atoms with E-state index in [4.69, 9.17) is 32.5 Å². The second-order valence-corrected chi connectivity index (χ2v) is 9.83. The Hall–Kier alpha value is -3.80. The van der Waals surface area contributed by atoms with Gasteiger partial charge >= 0.3 is 5.97 Å². The molecule has 7 heteroatoms. The summed E-state index contributed by atoms with van der Waals surface area (Å²) in [6.45, 7) is 4.29. The van der Waals surface area contributed by atoms with Crippen LogP contribution in [0.5, 0.6) is 5.75 Å². The molecule has 1 aromatic heterocycles. The summed E-state index contributed by atoms with van der Waals surface area (Å²) in [6, 6.07) is 24.2. The van der Waals surface area contributed by atoms with Crippen LogP contribution in [0.15, 0.2) is 83.4 Å². The summed E-state index contributed by atoms with van der Waals surface area (Å²) in [6.07, 6.45) is 0. The predicted molar refractivity (Wildman–Crippen MR) is 147 cm³/mol. The highest BCUT2D eigenvalue weighted by atomic mass is 35.5. The molecular weight excluding hydrogens is 509 g/mol. The van der Waals surface area contributed by atoms with Gasteiger partial charge < -0.3 is 14.4 Å². The smallest absolute Gasteiger partial charge is 0.335 e. The number of fused-ring (bicyclic) bond motifs is 1. The summed E-state index contributed by atoms with van der Waals surface area (Å²) < 4.78 is 11.8. The molecule has 1 N–H and O–H groups in total. The van der Waals surface area contributed by atoms with Gasteiger partial charge in [-0.1, -0.05) is 78.6 Å². The number of hydrogen-bond donors (Lipinski definition) is 1. The van der Waals surface area contributed by atoms with Crippen molar-refractivity contribution in [2.45, 2.75) is 26.4 Å². The number of benzene rings is 4. The van der Waals surface area contributed by atoms with Gasteiger partial charge in [0.25, 0.3) is 0 Å². The number of aromatic carboxylic acids is 1. The average molecular weight is 532 g/mol. The Morgan fingerprint density at radius 2 is 1.59 bits per heavy atom. The molecule has 0 saturated carbocycles. The topological polar surface area (TPSA) is 72.6 Å². The lowest BCUT2D eigenvalue weighted by Gasteiger charge is -2.11. The Morgan fingerprint density at radius 1 is 0.919 bits per heavy atom. The summed E-state index contributed by atoms with van der Waals surface area (Å²) in [4.78, 5) is 11.3. The summed E-state index contributed by atoms with van der Waals surface area (Å²) in [5.41, 5.74) is 4.24. The number of hydrogen-bond acceptors (Lipinski definition) is 4. The number of carbonyl (C=O) groups is 1. The molecule has 0 atom stereocenters. The SMILES string of the molecule is CC(C)c1onc(-c2c(Cl)cccc2Cl)c1COc1ccc(-c2ccc3ccc(C(=O)O)cc3c2)cc1. The molecule has 1 heterocycles. The molecule has 5 nitrogen and oxygen atoms in total. The number of rotatable bonds is 7. The Labute approximate surface area is 224 Å². The Balaban J connectivity index is 1.40. The van der Waals surface area contributed by atoms with E-state index in [2.05, 4.69) is 5.16 Å². The van der Waals surface area contributed by atoms with E-state index in [0.717, 1.165) is 33.2 Å². The molecule has 0 fully saturated rings. The van der Waals surface area contributed by atoms with Crippen molar-refractivity contribution in [3.8, 4) is 28.1 Å². The molecule has 0 aliphatic rings. The average Bonchev–Trinajstić information content (AvgIpc) is 3.30. The van der Waals surface area contributed by atoms with Crippen LogP contribution in [0.1, 0.15) is 41.4 Å². The van der Waals surface area contributed by atoms with Crippen molar-refractivity contribution in [2.24, 2.45) is 0 Å². The third-order valence-electron chi connectivity index (χ3n) is 6.20. The van der Waals surface area contributed by atoms with Gasteiger partial charge in [-0.15, -0.1) is 0 Å². The third kappa shape index (κ3) is 5.06. The first-order chi connectivity index (χ1) is 17.8. The van der Waals surface area contributed by atoms with Gasteiger partial charge in [-0.2, -0.15) is 0 Å². The lowest BCUT2D eigenvalue weighted by Crippen LogP contribution is -2.01. The normalized spacial score (nSPS) is 11.3. The van der Waals surface area contributed by atoms with E-state index in [9.17, 15) is 9.90 Å². The van der Waals surface area contributed by atoms with Crippen molar-refractivity contribution < 1.29 is 19.2 Å². The molecule has 0 aliphatic heterocycles. The highest BCUT2D eigenvalue weighted by Crippen LogP contribution is 2.39. The maximum Gasteiger partial charge on any atom is 0.335 e. The molecular formula is C30H23Cl2NO4. The van der Waals surface area contributed by atoms with Crippen LogP contribution in [0, 0.1) is 0 Å². The summed E-state index contributed by atoms with van der Waals surface area (Å²) in [5, 5.41) is 16.4. The van der Waals surface area contributed by atoms with Gasteiger partial charge in [-0.25, -0.2) is 4.79 Å². The van der Waals surface area contributed by atoms with Crippen LogP contribution in [-0.4, -0.2) is 16.2 Å². The zero-order valence-corrected chi connectivity index (χ0v) is 21.7. The van der Waals surface area contributed by atoms with E-state index in [1.54, 1.807) is 30.3 Å². The lowest BCUT2D eigenvalue weighted by atomic mass is 10.00. The predicted octanol–water partition coefficient (Wildman–Crippen LogP) is 8.87. The van der Waals surface area contributed by atoms with Gasteiger partial charge in [-0.3, -0.25) is 0 Å². The Kier molecular flexibility index (Phi) is 6.92. The van der Waals surface area contributed by atoms with Crippen molar-refractivity contribution >= 4 is 39.9 Å². The maximum absolute atomic E-state index is 11.3. The standard InChI is InChI=1S/C30H23Cl2NO4/c1-17(2)29-24(28(33-37-29)27-25(31)4-3-5-26(27)32)16-36-23-12-10-18(11-13-23)20-8-6-19-7-9-21(30(34)35)15-22(19)14-20/h3-15,17H,16H2,1-2H3,(H,34,35). The van der Waals surface area contributed by atoms with Crippen LogP contribution in [0.25, 0.3) is 33.2 Å². The highest BCUT2D eigenvalue weighted by Gasteiger charge is 2.23. The minimum absolute atomic E-state index is 0.0954. The molecule has 0 radical (unpaired) electrons. The monoisotopic (exact) mass is 531 g/mol. The number of carboxylic acid groups (broad SMARTS) is 1. The van der Waals surface area contributed by atoms with Crippen LogP contribution in [0.2, 0.25) is 10.0 Å². The number of nitrogens with zero attached hydrogens (tertiary/aromatic N) is 1. The molecule has 0 saturated heterocycles. The van der Waals surface area contributed by atoms with E-state index in [1.165, 1.54) is 0 Å². The largest absolute Gasteiger partial charge is 0.489 e. The minimum atomic E-state index is -0.942. The van der Waals surface area contributed by atoms with E-state index in [1.807, 2.05) is 62.4 Å². The molecule has 5 aromatic rings. The van der Waals surface area contributed by atoms with Crippen LogP contribution < -0.4 is 4.74 Å². The van der Waals surface area contributed by atoms with Crippen LogP contribution in [0.3, 0.4) is 0 Å². The fourth-order valence-electron chi connectivity index (χ4n) is 4.29. The van der Waals surface area contributed by atoms with Crippen LogP contribution in [0.4, 0.5) is 0 Å². The van der Waals surface area contributed by atoms with Crippen molar-refractivity contribution in [3.05, 3.63) is 106 Å². The van der Waals surface area contributed by atoms with E-state index >= 15 is 0 Å². The molecule has 0 aliphatic carbocycles. The Morgan fingerprint density at radius 3 is 2.27 bits per heavy atom. The van der Waals surface area contributed by atoms with Crippen molar-refractivity contribution in [1.82, 2.24) is 5.16 Å². The third-order valence-corrected chi connectivity index (χ3v) is 6.83. The molecule has 0 amide bonds. The van der Waals surface area contributed by atoms with Crippen molar-refractivity contribution in [1.29, 1.82) is 0 Å². The second-order valence-electron chi connectivity index (χ2n) is 9.02. The molecule has 186 valence electrons. The van der Waals surface area contributed by atoms with E-state index in [0.29, 0.717) is 27.1 Å². The molecule has 4 aromatic carbocycles. The lowest BCUT2D eigenvalue weighted by molar-refractivity contribution is 0.0697. The van der Waals surface area contributed by atoms with E-state index < -0.39 is 5.97 Å². The van der Waals surface area contributed by atoms with Gasteiger partial charge in [0, 0.05) is 11.5 Å². The Bertz CT molecular complexity index is 1590. The van der Waals surface area contributed by atoms with Crippen molar-refractivity contribution in [3.63, 3.8) is 0 Å². The first-order valence-electron chi connectivity index (χ1n) is 11.7. The zero-order chi connectivity index (χ0) is 26.1.